The normalized spacial score (nSPS) is 17.3. The number of esters is 2. The van der Waals surface area contributed by atoms with Crippen molar-refractivity contribution in [2.45, 2.75) is 25.9 Å². The first-order chi connectivity index (χ1) is 10.7. The minimum Gasteiger partial charge on any atom is -0.463 e. The standard InChI is InChI=1S/C16H15NO4S/c1-2-10-3-5-11(6-4-10)14-17-12(9-22-14)15(18)21-13-7-8-20-16(13)19/h3-6,9,13H,2,7-8H2,1H3/t13-/m0/s1. The molecule has 0 unspecified atom stereocenters. The maximum atomic E-state index is 12.0. The number of carbonyl (C=O) groups is 2. The Labute approximate surface area is 131 Å². The molecule has 2 aromatic rings. The van der Waals surface area contributed by atoms with E-state index in [4.69, 9.17) is 9.47 Å². The van der Waals surface area contributed by atoms with E-state index in [9.17, 15) is 9.59 Å². The number of cyclic esters (lactones) is 1. The molecule has 1 aromatic carbocycles. The second-order valence-electron chi connectivity index (χ2n) is 4.94. The van der Waals surface area contributed by atoms with Crippen molar-refractivity contribution >= 4 is 23.3 Å². The fourth-order valence-electron chi connectivity index (χ4n) is 2.16. The molecule has 0 saturated carbocycles. The second kappa shape index (κ2) is 6.27. The third kappa shape index (κ3) is 3.01. The topological polar surface area (TPSA) is 65.5 Å². The Morgan fingerprint density at radius 2 is 2.18 bits per heavy atom. The summed E-state index contributed by atoms with van der Waals surface area (Å²) in [5.41, 5.74) is 2.43. The summed E-state index contributed by atoms with van der Waals surface area (Å²) < 4.78 is 9.89. The van der Waals surface area contributed by atoms with Crippen LogP contribution in [0.15, 0.2) is 29.6 Å². The molecule has 1 aliphatic heterocycles. The van der Waals surface area contributed by atoms with Gasteiger partial charge in [0.25, 0.3) is 0 Å². The predicted molar refractivity (Wildman–Crippen MR) is 81.7 cm³/mol. The number of aryl methyl sites for hydroxylation is 1. The summed E-state index contributed by atoms with van der Waals surface area (Å²) >= 11 is 1.38. The van der Waals surface area contributed by atoms with E-state index in [0.29, 0.717) is 13.0 Å². The molecule has 1 saturated heterocycles. The molecule has 6 heteroatoms. The van der Waals surface area contributed by atoms with E-state index in [1.807, 2.05) is 24.3 Å². The van der Waals surface area contributed by atoms with E-state index in [1.165, 1.54) is 16.9 Å². The average molecular weight is 317 g/mol. The van der Waals surface area contributed by atoms with Crippen LogP contribution in [0.5, 0.6) is 0 Å². The first-order valence-corrected chi connectivity index (χ1v) is 7.98. The Morgan fingerprint density at radius 1 is 1.41 bits per heavy atom. The van der Waals surface area contributed by atoms with Gasteiger partial charge in [-0.1, -0.05) is 31.2 Å². The van der Waals surface area contributed by atoms with Crippen molar-refractivity contribution in [3.05, 3.63) is 40.9 Å². The fraction of sp³-hybridized carbons (Fsp3) is 0.312. The average Bonchev–Trinajstić information content (AvgIpc) is 3.17. The molecule has 1 fully saturated rings. The molecule has 0 spiro atoms. The Balaban J connectivity index is 1.72. The first kappa shape index (κ1) is 14.7. The lowest BCUT2D eigenvalue weighted by atomic mass is 10.1. The fourth-order valence-corrected chi connectivity index (χ4v) is 2.95. The molecule has 1 aliphatic rings. The van der Waals surface area contributed by atoms with Crippen LogP contribution in [-0.4, -0.2) is 29.6 Å². The highest BCUT2D eigenvalue weighted by molar-refractivity contribution is 7.13. The molecule has 1 aromatic heterocycles. The van der Waals surface area contributed by atoms with Gasteiger partial charge in [-0.3, -0.25) is 0 Å². The van der Waals surface area contributed by atoms with E-state index in [2.05, 4.69) is 11.9 Å². The smallest absolute Gasteiger partial charge is 0.358 e. The van der Waals surface area contributed by atoms with Gasteiger partial charge in [0.2, 0.25) is 6.10 Å². The lowest BCUT2D eigenvalue weighted by Crippen LogP contribution is -2.22. The highest BCUT2D eigenvalue weighted by atomic mass is 32.1. The van der Waals surface area contributed by atoms with Gasteiger partial charge in [-0.25, -0.2) is 14.6 Å². The molecule has 3 rings (SSSR count). The maximum absolute atomic E-state index is 12.0. The van der Waals surface area contributed by atoms with E-state index < -0.39 is 18.0 Å². The molecule has 1 atom stereocenters. The third-order valence-electron chi connectivity index (χ3n) is 3.46. The quantitative estimate of drug-likeness (QED) is 0.811. The Kier molecular flexibility index (Phi) is 4.20. The van der Waals surface area contributed by atoms with Crippen LogP contribution in [0.2, 0.25) is 0 Å². The van der Waals surface area contributed by atoms with Crippen molar-refractivity contribution in [1.82, 2.24) is 4.98 Å². The summed E-state index contributed by atoms with van der Waals surface area (Å²) in [5.74, 6) is -1.07. The number of thiazole rings is 1. The number of aromatic nitrogens is 1. The molecule has 0 radical (unpaired) electrons. The molecule has 0 aliphatic carbocycles. The number of nitrogens with zero attached hydrogens (tertiary/aromatic N) is 1. The van der Waals surface area contributed by atoms with Gasteiger partial charge in [-0.15, -0.1) is 11.3 Å². The maximum Gasteiger partial charge on any atom is 0.358 e. The van der Waals surface area contributed by atoms with Crippen molar-refractivity contribution in [2.24, 2.45) is 0 Å². The second-order valence-corrected chi connectivity index (χ2v) is 5.80. The van der Waals surface area contributed by atoms with Crippen LogP contribution >= 0.6 is 11.3 Å². The molecule has 2 heterocycles. The van der Waals surface area contributed by atoms with Crippen LogP contribution in [0.4, 0.5) is 0 Å². The van der Waals surface area contributed by atoms with Gasteiger partial charge in [0.05, 0.1) is 6.61 Å². The number of carbonyl (C=O) groups excluding carboxylic acids is 2. The SMILES string of the molecule is CCc1ccc(-c2nc(C(=O)O[C@H]3CCOC3=O)cs2)cc1. The zero-order valence-electron chi connectivity index (χ0n) is 12.1. The Hall–Kier alpha value is -2.21. The van der Waals surface area contributed by atoms with Crippen LogP contribution in [0.3, 0.4) is 0 Å². The Bertz CT molecular complexity index is 692. The summed E-state index contributed by atoms with van der Waals surface area (Å²) in [5, 5.41) is 2.40. The van der Waals surface area contributed by atoms with Crippen molar-refractivity contribution in [1.29, 1.82) is 0 Å². The molecule has 5 nitrogen and oxygen atoms in total. The van der Waals surface area contributed by atoms with Gasteiger partial charge in [0.15, 0.2) is 5.69 Å². The van der Waals surface area contributed by atoms with Gasteiger partial charge in [-0.2, -0.15) is 0 Å². The molecule has 22 heavy (non-hydrogen) atoms. The van der Waals surface area contributed by atoms with Crippen LogP contribution in [-0.2, 0) is 20.7 Å². The summed E-state index contributed by atoms with van der Waals surface area (Å²) in [7, 11) is 0. The molecule has 0 N–H and O–H groups in total. The number of hydrogen-bond acceptors (Lipinski definition) is 6. The van der Waals surface area contributed by atoms with E-state index in [-0.39, 0.29) is 5.69 Å². The van der Waals surface area contributed by atoms with Crippen molar-refractivity contribution in [2.75, 3.05) is 6.61 Å². The number of hydrogen-bond donors (Lipinski definition) is 0. The van der Waals surface area contributed by atoms with Gasteiger partial charge in [0, 0.05) is 17.4 Å². The highest BCUT2D eigenvalue weighted by Gasteiger charge is 2.31. The summed E-state index contributed by atoms with van der Waals surface area (Å²) in [4.78, 5) is 27.6. The summed E-state index contributed by atoms with van der Waals surface area (Å²) in [6.45, 7) is 2.39. The van der Waals surface area contributed by atoms with Gasteiger partial charge >= 0.3 is 11.9 Å². The molecular weight excluding hydrogens is 302 g/mol. The highest BCUT2D eigenvalue weighted by Crippen LogP contribution is 2.25. The van der Waals surface area contributed by atoms with Crippen LogP contribution in [0, 0.1) is 0 Å². The van der Waals surface area contributed by atoms with Crippen LogP contribution in [0.25, 0.3) is 10.6 Å². The minimum absolute atomic E-state index is 0.222. The van der Waals surface area contributed by atoms with Gasteiger partial charge < -0.3 is 9.47 Å². The molecular formula is C16H15NO4S. The molecule has 0 amide bonds. The van der Waals surface area contributed by atoms with Gasteiger partial charge in [0.1, 0.15) is 5.01 Å². The zero-order chi connectivity index (χ0) is 15.5. The lowest BCUT2D eigenvalue weighted by molar-refractivity contribution is -0.145. The largest absolute Gasteiger partial charge is 0.463 e. The lowest BCUT2D eigenvalue weighted by Gasteiger charge is -2.05. The Morgan fingerprint density at radius 3 is 2.82 bits per heavy atom. The van der Waals surface area contributed by atoms with Gasteiger partial charge in [-0.05, 0) is 12.0 Å². The van der Waals surface area contributed by atoms with Crippen molar-refractivity contribution in [3.63, 3.8) is 0 Å². The van der Waals surface area contributed by atoms with Crippen molar-refractivity contribution in [3.8, 4) is 10.6 Å². The molecule has 0 bridgehead atoms. The van der Waals surface area contributed by atoms with Crippen molar-refractivity contribution < 1.29 is 19.1 Å². The van der Waals surface area contributed by atoms with Crippen LogP contribution in [0.1, 0.15) is 29.4 Å². The minimum atomic E-state index is -0.804. The van der Waals surface area contributed by atoms with E-state index >= 15 is 0 Å². The first-order valence-electron chi connectivity index (χ1n) is 7.10. The van der Waals surface area contributed by atoms with E-state index in [0.717, 1.165) is 17.0 Å². The summed E-state index contributed by atoms with van der Waals surface area (Å²) in [6, 6.07) is 8.06. The van der Waals surface area contributed by atoms with E-state index in [1.54, 1.807) is 5.38 Å². The summed E-state index contributed by atoms with van der Waals surface area (Å²) in [6.07, 6.45) is 0.578. The zero-order valence-corrected chi connectivity index (χ0v) is 12.9. The number of ether oxygens (including phenoxy) is 2. The monoisotopic (exact) mass is 317 g/mol. The predicted octanol–water partition coefficient (Wildman–Crippen LogP) is 2.84. The number of rotatable bonds is 4. The number of benzene rings is 1. The third-order valence-corrected chi connectivity index (χ3v) is 4.35. The van der Waals surface area contributed by atoms with Crippen LogP contribution < -0.4 is 0 Å². The molecule has 114 valence electrons.